The highest BCUT2D eigenvalue weighted by atomic mass is 35.5. The number of halogens is 1. The van der Waals surface area contributed by atoms with Crippen LogP contribution in [0, 0.1) is 0 Å². The summed E-state index contributed by atoms with van der Waals surface area (Å²) in [5.41, 5.74) is 1.72. The van der Waals surface area contributed by atoms with Gasteiger partial charge in [-0.15, -0.1) is 21.8 Å². The largest absolute Gasteiger partial charge is 0.379 e. The van der Waals surface area contributed by atoms with E-state index >= 15 is 0 Å². The maximum absolute atomic E-state index is 5.43. The van der Waals surface area contributed by atoms with Gasteiger partial charge in [0.15, 0.2) is 4.34 Å². The summed E-state index contributed by atoms with van der Waals surface area (Å²) in [4.78, 5) is 0. The predicted octanol–water partition coefficient (Wildman–Crippen LogP) is 1.89. The van der Waals surface area contributed by atoms with Crippen LogP contribution in [0.2, 0.25) is 0 Å². The van der Waals surface area contributed by atoms with Crippen molar-refractivity contribution in [1.82, 2.24) is 10.2 Å². The molecule has 6 heteroatoms. The van der Waals surface area contributed by atoms with Gasteiger partial charge in [-0.3, -0.25) is 0 Å². The van der Waals surface area contributed by atoms with Crippen LogP contribution in [0.25, 0.3) is 0 Å². The molecule has 1 rings (SSSR count). The smallest absolute Gasteiger partial charge is 0.174 e. The third-order valence-electron chi connectivity index (χ3n) is 1.01. The van der Waals surface area contributed by atoms with Crippen molar-refractivity contribution < 1.29 is 4.74 Å². The Morgan fingerprint density at radius 2 is 2.50 bits per heavy atom. The molecule has 0 atom stereocenters. The Kier molecular flexibility index (Phi) is 5.68. The molecule has 1 heterocycles. The molecule has 0 saturated carbocycles. The number of nitrogens with zero attached hydrogens (tertiary/aromatic N) is 2. The monoisotopic (exact) mass is 224 g/mol. The molecule has 3 nitrogen and oxygen atoms in total. The molecule has 0 aromatic carbocycles. The predicted molar refractivity (Wildman–Crippen MR) is 52.2 cm³/mol. The van der Waals surface area contributed by atoms with Gasteiger partial charge in [-0.05, 0) is 0 Å². The van der Waals surface area contributed by atoms with Gasteiger partial charge in [-0.1, -0.05) is 23.1 Å². The summed E-state index contributed by atoms with van der Waals surface area (Å²) in [5, 5.41) is 7.61. The topological polar surface area (TPSA) is 35.0 Å². The Bertz CT molecular complexity index is 195. The zero-order valence-electron chi connectivity index (χ0n) is 6.40. The number of hydrogen-bond donors (Lipinski definition) is 0. The molecular weight excluding hydrogens is 216 g/mol. The minimum absolute atomic E-state index is 0.559. The van der Waals surface area contributed by atoms with Gasteiger partial charge in [0.25, 0.3) is 0 Å². The number of rotatable bonds is 6. The number of aromatic nitrogens is 2. The molecule has 0 aliphatic rings. The van der Waals surface area contributed by atoms with E-state index in [9.17, 15) is 0 Å². The fraction of sp³-hybridized carbons (Fsp3) is 0.667. The van der Waals surface area contributed by atoms with E-state index in [0.29, 0.717) is 12.5 Å². The van der Waals surface area contributed by atoms with Crippen molar-refractivity contribution in [2.75, 3.05) is 24.8 Å². The molecule has 0 amide bonds. The summed E-state index contributed by atoms with van der Waals surface area (Å²) in [7, 11) is 0. The summed E-state index contributed by atoms with van der Waals surface area (Å²) in [5.74, 6) is 1.47. The van der Waals surface area contributed by atoms with E-state index in [0.717, 1.165) is 16.7 Å². The highest BCUT2D eigenvalue weighted by Crippen LogP contribution is 2.17. The summed E-state index contributed by atoms with van der Waals surface area (Å²) in [6.07, 6.45) is 0. The highest BCUT2D eigenvalue weighted by molar-refractivity contribution is 8.01. The Morgan fingerprint density at radius 3 is 3.17 bits per heavy atom. The average Bonchev–Trinajstić information content (AvgIpc) is 2.57. The molecule has 0 unspecified atom stereocenters. The van der Waals surface area contributed by atoms with Gasteiger partial charge in [0.1, 0.15) is 5.51 Å². The van der Waals surface area contributed by atoms with Crippen LogP contribution in [0.3, 0.4) is 0 Å². The second-order valence-corrected chi connectivity index (χ2v) is 4.41. The SMILES string of the molecule is ClCCOCCSc1nncs1. The van der Waals surface area contributed by atoms with Gasteiger partial charge in [0.05, 0.1) is 13.2 Å². The van der Waals surface area contributed by atoms with E-state index < -0.39 is 0 Å². The first-order valence-corrected chi connectivity index (χ1v) is 5.86. The average molecular weight is 225 g/mol. The molecule has 0 aliphatic heterocycles. The van der Waals surface area contributed by atoms with Crippen molar-refractivity contribution in [3.63, 3.8) is 0 Å². The van der Waals surface area contributed by atoms with Crippen molar-refractivity contribution >= 4 is 34.7 Å². The maximum atomic E-state index is 5.43. The third-order valence-corrected chi connectivity index (χ3v) is 2.99. The number of alkyl halides is 1. The van der Waals surface area contributed by atoms with E-state index in [-0.39, 0.29) is 0 Å². The minimum atomic E-state index is 0.559. The lowest BCUT2D eigenvalue weighted by Gasteiger charge is -1.98. The molecule has 0 fully saturated rings. The molecule has 0 N–H and O–H groups in total. The molecule has 0 saturated heterocycles. The first kappa shape index (κ1) is 10.2. The number of hydrogen-bond acceptors (Lipinski definition) is 5. The van der Waals surface area contributed by atoms with Crippen LogP contribution in [0.4, 0.5) is 0 Å². The second-order valence-electron chi connectivity index (χ2n) is 1.85. The first-order chi connectivity index (χ1) is 5.93. The lowest BCUT2D eigenvalue weighted by Crippen LogP contribution is -1.99. The van der Waals surface area contributed by atoms with Gasteiger partial charge in [-0.25, -0.2) is 0 Å². The number of thioether (sulfide) groups is 1. The Hall–Kier alpha value is 0.160. The van der Waals surface area contributed by atoms with Crippen molar-refractivity contribution in [2.24, 2.45) is 0 Å². The fourth-order valence-corrected chi connectivity index (χ4v) is 2.09. The van der Waals surface area contributed by atoms with E-state index in [1.807, 2.05) is 0 Å². The van der Waals surface area contributed by atoms with Crippen LogP contribution in [0.15, 0.2) is 9.85 Å². The Labute approximate surface area is 84.5 Å². The summed E-state index contributed by atoms with van der Waals surface area (Å²) in [6, 6.07) is 0. The second kappa shape index (κ2) is 6.65. The molecule has 0 aliphatic carbocycles. The van der Waals surface area contributed by atoms with Crippen LogP contribution < -0.4 is 0 Å². The lowest BCUT2D eigenvalue weighted by molar-refractivity contribution is 0.166. The van der Waals surface area contributed by atoms with Gasteiger partial charge < -0.3 is 4.74 Å². The van der Waals surface area contributed by atoms with Crippen LogP contribution >= 0.6 is 34.7 Å². The quantitative estimate of drug-likeness (QED) is 0.420. The molecule has 12 heavy (non-hydrogen) atoms. The van der Waals surface area contributed by atoms with Gasteiger partial charge in [-0.2, -0.15) is 0 Å². The van der Waals surface area contributed by atoms with Crippen molar-refractivity contribution in [1.29, 1.82) is 0 Å². The van der Waals surface area contributed by atoms with Crippen LogP contribution in [0.1, 0.15) is 0 Å². The molecule has 0 radical (unpaired) electrons. The Balaban J connectivity index is 1.96. The van der Waals surface area contributed by atoms with Gasteiger partial charge in [0.2, 0.25) is 0 Å². The maximum Gasteiger partial charge on any atom is 0.174 e. The number of ether oxygens (including phenoxy) is 1. The van der Waals surface area contributed by atoms with E-state index in [2.05, 4.69) is 10.2 Å². The van der Waals surface area contributed by atoms with Gasteiger partial charge in [0, 0.05) is 11.6 Å². The summed E-state index contributed by atoms with van der Waals surface area (Å²) in [6.45, 7) is 1.34. The fourth-order valence-electron chi connectivity index (χ4n) is 0.570. The van der Waals surface area contributed by atoms with Crippen molar-refractivity contribution in [3.05, 3.63) is 5.51 Å². The van der Waals surface area contributed by atoms with E-state index in [4.69, 9.17) is 16.3 Å². The van der Waals surface area contributed by atoms with E-state index in [1.54, 1.807) is 28.6 Å². The zero-order valence-corrected chi connectivity index (χ0v) is 8.79. The van der Waals surface area contributed by atoms with Crippen LogP contribution in [-0.2, 0) is 4.74 Å². The molecule has 0 bridgehead atoms. The molecule has 0 spiro atoms. The third kappa shape index (κ3) is 4.25. The molecule has 1 aromatic heterocycles. The van der Waals surface area contributed by atoms with Crippen LogP contribution in [0.5, 0.6) is 0 Å². The highest BCUT2D eigenvalue weighted by Gasteiger charge is 1.96. The van der Waals surface area contributed by atoms with Crippen molar-refractivity contribution in [2.45, 2.75) is 4.34 Å². The standard InChI is InChI=1S/C6H9ClN2OS2/c7-1-2-10-3-4-11-6-9-8-5-12-6/h5H,1-4H2. The van der Waals surface area contributed by atoms with Crippen LogP contribution in [-0.4, -0.2) is 35.0 Å². The molecular formula is C6H9ClN2OS2. The molecule has 1 aromatic rings. The van der Waals surface area contributed by atoms with Crippen molar-refractivity contribution in [3.8, 4) is 0 Å². The lowest BCUT2D eigenvalue weighted by atomic mass is 10.8. The normalized spacial score (nSPS) is 10.4. The van der Waals surface area contributed by atoms with Gasteiger partial charge >= 0.3 is 0 Å². The first-order valence-electron chi connectivity index (χ1n) is 3.46. The minimum Gasteiger partial charge on any atom is -0.379 e. The summed E-state index contributed by atoms with van der Waals surface area (Å²) >= 11 is 8.63. The van der Waals surface area contributed by atoms with E-state index in [1.165, 1.54) is 0 Å². The zero-order chi connectivity index (χ0) is 8.65. The summed E-state index contributed by atoms with van der Waals surface area (Å²) < 4.78 is 6.18. The molecule has 68 valence electrons. The Morgan fingerprint density at radius 1 is 1.58 bits per heavy atom.